The molecule has 0 atom stereocenters. The van der Waals surface area contributed by atoms with Crippen molar-refractivity contribution in [2.24, 2.45) is 0 Å². The van der Waals surface area contributed by atoms with Gasteiger partial charge in [-0.2, -0.15) is 0 Å². The van der Waals surface area contributed by atoms with E-state index in [-0.39, 0.29) is 5.41 Å². The maximum Gasteiger partial charge on any atom is 0.313 e. The van der Waals surface area contributed by atoms with Crippen LogP contribution in [0.15, 0.2) is 48.5 Å². The van der Waals surface area contributed by atoms with Crippen molar-refractivity contribution in [3.63, 3.8) is 0 Å². The van der Waals surface area contributed by atoms with Crippen molar-refractivity contribution in [2.75, 3.05) is 19.0 Å². The zero-order valence-electron chi connectivity index (χ0n) is 17.5. The molecule has 29 heavy (non-hydrogen) atoms. The maximum atomic E-state index is 12.4. The summed E-state index contributed by atoms with van der Waals surface area (Å²) < 4.78 is 5.25. The van der Waals surface area contributed by atoms with Gasteiger partial charge in [-0.3, -0.25) is 9.59 Å². The number of hydrogen-bond acceptors (Lipinski definition) is 3. The number of ether oxygens (including phenoxy) is 1. The fourth-order valence-electron chi connectivity index (χ4n) is 4.03. The number of nitrogens with one attached hydrogen (secondary N) is 2. The molecule has 0 bridgehead atoms. The van der Waals surface area contributed by atoms with Gasteiger partial charge in [0.05, 0.1) is 7.11 Å². The van der Waals surface area contributed by atoms with Gasteiger partial charge in [0.25, 0.3) is 0 Å². The molecule has 1 saturated carbocycles. The molecule has 5 nitrogen and oxygen atoms in total. The van der Waals surface area contributed by atoms with Gasteiger partial charge in [0.1, 0.15) is 5.75 Å². The van der Waals surface area contributed by atoms with Crippen molar-refractivity contribution in [1.29, 1.82) is 0 Å². The summed E-state index contributed by atoms with van der Waals surface area (Å²) in [5.74, 6) is 0.000277. The van der Waals surface area contributed by atoms with E-state index in [0.717, 1.165) is 31.4 Å². The van der Waals surface area contributed by atoms with E-state index in [1.165, 1.54) is 11.1 Å². The Morgan fingerprint density at radius 2 is 1.59 bits per heavy atom. The Hall–Kier alpha value is -2.82. The van der Waals surface area contributed by atoms with Gasteiger partial charge in [0, 0.05) is 17.6 Å². The monoisotopic (exact) mass is 394 g/mol. The lowest BCUT2D eigenvalue weighted by Gasteiger charge is -2.30. The van der Waals surface area contributed by atoms with Crippen LogP contribution >= 0.6 is 0 Å². The van der Waals surface area contributed by atoms with E-state index >= 15 is 0 Å². The topological polar surface area (TPSA) is 67.4 Å². The molecule has 0 unspecified atom stereocenters. The molecule has 0 radical (unpaired) electrons. The lowest BCUT2D eigenvalue weighted by atomic mass is 9.78. The SMILES string of the molecule is COc1ccc(C2(CNC(=O)C(=O)Nc3ccc(C(C)C)cc3)CCCC2)cc1. The van der Waals surface area contributed by atoms with E-state index in [2.05, 4.69) is 36.6 Å². The molecule has 0 saturated heterocycles. The molecule has 1 aliphatic carbocycles. The van der Waals surface area contributed by atoms with Crippen LogP contribution in [0.5, 0.6) is 5.75 Å². The fraction of sp³-hybridized carbons (Fsp3) is 0.417. The Kier molecular flexibility index (Phi) is 6.57. The van der Waals surface area contributed by atoms with E-state index in [4.69, 9.17) is 4.74 Å². The molecule has 0 heterocycles. The van der Waals surface area contributed by atoms with Gasteiger partial charge < -0.3 is 15.4 Å². The molecule has 2 aromatic rings. The standard InChI is InChI=1S/C24H30N2O3/c1-17(2)18-6-10-20(11-7-18)26-23(28)22(27)25-16-24(14-4-5-15-24)19-8-12-21(29-3)13-9-19/h6-13,17H,4-5,14-16H2,1-3H3,(H,25,27)(H,26,28). The van der Waals surface area contributed by atoms with E-state index in [1.54, 1.807) is 7.11 Å². The fourth-order valence-corrected chi connectivity index (χ4v) is 4.03. The molecular formula is C24H30N2O3. The smallest absolute Gasteiger partial charge is 0.313 e. The second-order valence-corrected chi connectivity index (χ2v) is 8.13. The highest BCUT2D eigenvalue weighted by molar-refractivity contribution is 6.39. The second-order valence-electron chi connectivity index (χ2n) is 8.13. The van der Waals surface area contributed by atoms with E-state index in [1.807, 2.05) is 36.4 Å². The third-order valence-electron chi connectivity index (χ3n) is 5.89. The normalized spacial score (nSPS) is 15.2. The molecule has 2 aromatic carbocycles. The first-order valence-corrected chi connectivity index (χ1v) is 10.3. The summed E-state index contributed by atoms with van der Waals surface area (Å²) in [6, 6.07) is 15.6. The van der Waals surface area contributed by atoms with Crippen molar-refractivity contribution in [2.45, 2.75) is 50.9 Å². The quantitative estimate of drug-likeness (QED) is 0.714. The molecule has 0 spiro atoms. The van der Waals surface area contributed by atoms with Crippen molar-refractivity contribution >= 4 is 17.5 Å². The summed E-state index contributed by atoms with van der Waals surface area (Å²) in [6.07, 6.45) is 4.24. The minimum atomic E-state index is -0.634. The summed E-state index contributed by atoms with van der Waals surface area (Å²) in [7, 11) is 1.65. The average molecular weight is 395 g/mol. The predicted molar refractivity (Wildman–Crippen MR) is 115 cm³/mol. The van der Waals surface area contributed by atoms with Crippen LogP contribution < -0.4 is 15.4 Å². The van der Waals surface area contributed by atoms with Gasteiger partial charge in [-0.1, -0.05) is 51.0 Å². The highest BCUT2D eigenvalue weighted by atomic mass is 16.5. The Bertz CT molecular complexity index is 835. The first-order valence-electron chi connectivity index (χ1n) is 10.3. The molecule has 154 valence electrons. The van der Waals surface area contributed by atoms with Crippen LogP contribution in [0, 0.1) is 0 Å². The number of methoxy groups -OCH3 is 1. The highest BCUT2D eigenvalue weighted by Crippen LogP contribution is 2.41. The van der Waals surface area contributed by atoms with Crippen LogP contribution in [0.1, 0.15) is 56.6 Å². The summed E-state index contributed by atoms with van der Waals surface area (Å²) in [6.45, 7) is 4.68. The van der Waals surface area contributed by atoms with Gasteiger partial charge in [0.15, 0.2) is 0 Å². The van der Waals surface area contributed by atoms with E-state index < -0.39 is 11.8 Å². The molecular weight excluding hydrogens is 364 g/mol. The van der Waals surface area contributed by atoms with Crippen LogP contribution in [0.4, 0.5) is 5.69 Å². The molecule has 1 aliphatic rings. The second kappa shape index (κ2) is 9.12. The molecule has 3 rings (SSSR count). The van der Waals surface area contributed by atoms with Crippen LogP contribution in [-0.2, 0) is 15.0 Å². The third-order valence-corrected chi connectivity index (χ3v) is 5.89. The lowest BCUT2D eigenvalue weighted by molar-refractivity contribution is -0.136. The molecule has 2 amide bonds. The summed E-state index contributed by atoms with van der Waals surface area (Å²) in [5, 5.41) is 5.54. The maximum absolute atomic E-state index is 12.4. The Balaban J connectivity index is 1.61. The van der Waals surface area contributed by atoms with E-state index in [0.29, 0.717) is 18.2 Å². The largest absolute Gasteiger partial charge is 0.497 e. The Morgan fingerprint density at radius 1 is 0.966 bits per heavy atom. The zero-order valence-corrected chi connectivity index (χ0v) is 17.5. The Morgan fingerprint density at radius 3 is 2.14 bits per heavy atom. The number of anilines is 1. The Labute approximate surface area is 172 Å². The van der Waals surface area contributed by atoms with Crippen molar-refractivity contribution in [1.82, 2.24) is 5.32 Å². The van der Waals surface area contributed by atoms with Crippen LogP contribution in [0.2, 0.25) is 0 Å². The molecule has 2 N–H and O–H groups in total. The summed E-state index contributed by atoms with van der Waals surface area (Å²) >= 11 is 0. The van der Waals surface area contributed by atoms with Gasteiger partial charge in [-0.15, -0.1) is 0 Å². The molecule has 5 heteroatoms. The third kappa shape index (κ3) is 4.97. The number of carbonyl (C=O) groups is 2. The van der Waals surface area contributed by atoms with Crippen LogP contribution in [0.25, 0.3) is 0 Å². The van der Waals surface area contributed by atoms with Crippen molar-refractivity contribution in [3.8, 4) is 5.75 Å². The van der Waals surface area contributed by atoms with Crippen LogP contribution in [-0.4, -0.2) is 25.5 Å². The van der Waals surface area contributed by atoms with E-state index in [9.17, 15) is 9.59 Å². The minimum absolute atomic E-state index is 0.124. The average Bonchev–Trinajstić information content (AvgIpc) is 3.22. The van der Waals surface area contributed by atoms with Crippen molar-refractivity contribution < 1.29 is 14.3 Å². The number of carbonyl (C=O) groups excluding carboxylic acids is 2. The first kappa shape index (κ1) is 20.9. The van der Waals surface area contributed by atoms with Gasteiger partial charge in [-0.05, 0) is 54.2 Å². The highest BCUT2D eigenvalue weighted by Gasteiger charge is 2.36. The first-order chi connectivity index (χ1) is 13.9. The molecule has 0 aliphatic heterocycles. The molecule has 0 aromatic heterocycles. The van der Waals surface area contributed by atoms with Crippen LogP contribution in [0.3, 0.4) is 0 Å². The van der Waals surface area contributed by atoms with Gasteiger partial charge in [0.2, 0.25) is 0 Å². The number of benzene rings is 2. The van der Waals surface area contributed by atoms with Gasteiger partial charge >= 0.3 is 11.8 Å². The minimum Gasteiger partial charge on any atom is -0.497 e. The molecule has 1 fully saturated rings. The number of rotatable bonds is 6. The van der Waals surface area contributed by atoms with Crippen molar-refractivity contribution in [3.05, 3.63) is 59.7 Å². The predicted octanol–water partition coefficient (Wildman–Crippen LogP) is 4.39. The summed E-state index contributed by atoms with van der Waals surface area (Å²) in [5.41, 5.74) is 2.87. The van der Waals surface area contributed by atoms with Gasteiger partial charge in [-0.25, -0.2) is 0 Å². The summed E-state index contributed by atoms with van der Waals surface area (Å²) in [4.78, 5) is 24.7. The lowest BCUT2D eigenvalue weighted by Crippen LogP contribution is -2.43. The number of hydrogen-bond donors (Lipinski definition) is 2. The zero-order chi connectivity index (χ0) is 20.9. The number of amides is 2.